The van der Waals surface area contributed by atoms with Crippen LogP contribution in [0.3, 0.4) is 0 Å². The van der Waals surface area contributed by atoms with Gasteiger partial charge < -0.3 is 5.11 Å². The van der Waals surface area contributed by atoms with Crippen molar-refractivity contribution < 1.29 is 27.9 Å². The number of aliphatic carboxylic acids is 1. The molecule has 1 N–H and O–H groups in total. The van der Waals surface area contributed by atoms with Gasteiger partial charge in [-0.25, -0.2) is 14.8 Å². The minimum Gasteiger partial charge on any atom is -0.480 e. The Morgan fingerprint density at radius 1 is 1.19 bits per heavy atom. The maximum Gasteiger partial charge on any atom is 0.450 e. The quantitative estimate of drug-likeness (QED) is 0.478. The number of carboxylic acids is 1. The zero-order chi connectivity index (χ0) is 25.7. The van der Waals surface area contributed by atoms with Crippen LogP contribution in [-0.4, -0.2) is 48.5 Å². The zero-order valence-corrected chi connectivity index (χ0v) is 19.8. The van der Waals surface area contributed by atoms with Crippen LogP contribution in [0, 0.1) is 5.41 Å². The van der Waals surface area contributed by atoms with E-state index >= 15 is 0 Å². The van der Waals surface area contributed by atoms with Crippen molar-refractivity contribution in [3.05, 3.63) is 54.0 Å². The van der Waals surface area contributed by atoms with Crippen LogP contribution in [-0.2, 0) is 22.2 Å². The highest BCUT2D eigenvalue weighted by Crippen LogP contribution is 2.49. The Morgan fingerprint density at radius 3 is 2.53 bits per heavy atom. The summed E-state index contributed by atoms with van der Waals surface area (Å²) in [7, 11) is 0. The summed E-state index contributed by atoms with van der Waals surface area (Å²) in [6.45, 7) is 0. The maximum atomic E-state index is 13.7. The number of aromatic nitrogens is 3. The van der Waals surface area contributed by atoms with Crippen LogP contribution >= 0.6 is 11.6 Å². The fourth-order valence-electron chi connectivity index (χ4n) is 5.21. The van der Waals surface area contributed by atoms with Crippen molar-refractivity contribution in [1.29, 1.82) is 0 Å². The van der Waals surface area contributed by atoms with Gasteiger partial charge in [-0.05, 0) is 42.7 Å². The van der Waals surface area contributed by atoms with E-state index in [-0.39, 0.29) is 29.1 Å². The summed E-state index contributed by atoms with van der Waals surface area (Å²) >= 11 is 6.24. The first-order chi connectivity index (χ1) is 17.1. The molecule has 7 nitrogen and oxygen atoms in total. The minimum absolute atomic E-state index is 0.00203. The smallest absolute Gasteiger partial charge is 0.450 e. The molecule has 36 heavy (non-hydrogen) atoms. The molecule has 2 saturated carbocycles. The Labute approximate surface area is 209 Å². The highest BCUT2D eigenvalue weighted by molar-refractivity contribution is 6.54. The fourth-order valence-corrected chi connectivity index (χ4v) is 5.69. The lowest BCUT2D eigenvalue weighted by Crippen LogP contribution is -2.61. The van der Waals surface area contributed by atoms with E-state index in [1.54, 1.807) is 12.1 Å². The highest BCUT2D eigenvalue weighted by Gasteiger charge is 2.58. The monoisotopic (exact) mass is 518 g/mol. The molecular weight excluding hydrogens is 497 g/mol. The van der Waals surface area contributed by atoms with Crippen molar-refractivity contribution in [2.24, 2.45) is 10.4 Å². The molecule has 188 valence electrons. The van der Waals surface area contributed by atoms with E-state index < -0.39 is 34.8 Å². The van der Waals surface area contributed by atoms with E-state index in [1.165, 1.54) is 30.5 Å². The first-order valence-electron chi connectivity index (χ1n) is 11.6. The summed E-state index contributed by atoms with van der Waals surface area (Å²) in [6, 6.07) is 7.84. The predicted octanol–water partition coefficient (Wildman–Crippen LogP) is 5.02. The summed E-state index contributed by atoms with van der Waals surface area (Å²) in [5.74, 6) is -2.35. The van der Waals surface area contributed by atoms with Crippen LogP contribution in [0.5, 0.6) is 0 Å². The Balaban J connectivity index is 1.44. The Bertz CT molecular complexity index is 1360. The second-order valence-corrected chi connectivity index (χ2v) is 9.66. The van der Waals surface area contributed by atoms with Gasteiger partial charge in [-0.3, -0.25) is 14.4 Å². The van der Waals surface area contributed by atoms with Crippen molar-refractivity contribution in [3.8, 4) is 5.69 Å². The SMILES string of the molecule is O=C(O)[C@H](Cc1ccc(-n2c(C(F)(F)F)nc3cccnc32)cc1)N=C1C(Cl)C(=O)C12CCCCC2. The first-order valence-corrected chi connectivity index (χ1v) is 12.0. The van der Waals surface area contributed by atoms with E-state index in [1.807, 2.05) is 0 Å². The number of rotatable bonds is 5. The highest BCUT2D eigenvalue weighted by atomic mass is 35.5. The van der Waals surface area contributed by atoms with Gasteiger partial charge in [0.1, 0.15) is 10.9 Å². The van der Waals surface area contributed by atoms with Gasteiger partial charge in [0.2, 0.25) is 5.82 Å². The van der Waals surface area contributed by atoms with Crippen molar-refractivity contribution >= 4 is 40.2 Å². The topological polar surface area (TPSA) is 97.4 Å². The fraction of sp³-hybridized carbons (Fsp3) is 0.400. The molecule has 2 fully saturated rings. The number of halogens is 4. The molecule has 0 aliphatic heterocycles. The molecule has 2 heterocycles. The molecule has 3 aromatic rings. The number of carbonyl (C=O) groups excluding carboxylic acids is 1. The van der Waals surface area contributed by atoms with Crippen LogP contribution in [0.15, 0.2) is 47.6 Å². The average molecular weight is 519 g/mol. The number of imidazole rings is 1. The number of pyridine rings is 1. The Kier molecular flexibility index (Phi) is 6.10. The number of nitrogens with zero attached hydrogens (tertiary/aromatic N) is 4. The predicted molar refractivity (Wildman–Crippen MR) is 127 cm³/mol. The Morgan fingerprint density at radius 2 is 1.89 bits per heavy atom. The second-order valence-electron chi connectivity index (χ2n) is 9.22. The molecule has 2 aromatic heterocycles. The summed E-state index contributed by atoms with van der Waals surface area (Å²) in [5, 5.41) is 8.90. The van der Waals surface area contributed by atoms with Gasteiger partial charge in [0.05, 0.1) is 11.1 Å². The molecule has 0 radical (unpaired) electrons. The number of aliphatic imine (C=N–C) groups is 1. The second kappa shape index (κ2) is 8.99. The molecule has 1 spiro atoms. The third-order valence-electron chi connectivity index (χ3n) is 7.01. The van der Waals surface area contributed by atoms with Gasteiger partial charge in [-0.15, -0.1) is 11.6 Å². The first kappa shape index (κ1) is 24.4. The van der Waals surface area contributed by atoms with Crippen LogP contribution in [0.1, 0.15) is 43.5 Å². The summed E-state index contributed by atoms with van der Waals surface area (Å²) in [4.78, 5) is 36.7. The molecule has 11 heteroatoms. The number of carbonyl (C=O) groups is 2. The van der Waals surface area contributed by atoms with Gasteiger partial charge in [-0.2, -0.15) is 13.2 Å². The molecule has 1 unspecified atom stereocenters. The molecule has 0 amide bonds. The van der Waals surface area contributed by atoms with Gasteiger partial charge in [0.15, 0.2) is 17.5 Å². The van der Waals surface area contributed by atoms with E-state index in [2.05, 4.69) is 15.0 Å². The largest absolute Gasteiger partial charge is 0.480 e. The number of ketones is 1. The van der Waals surface area contributed by atoms with Crippen molar-refractivity contribution in [2.45, 2.75) is 56.1 Å². The molecule has 2 aliphatic rings. The number of fused-ring (bicyclic) bond motifs is 1. The van der Waals surface area contributed by atoms with Crippen molar-refractivity contribution in [2.75, 3.05) is 0 Å². The zero-order valence-electron chi connectivity index (χ0n) is 19.0. The Hall–Kier alpha value is -3.27. The van der Waals surface area contributed by atoms with Crippen molar-refractivity contribution in [3.63, 3.8) is 0 Å². The number of carboxylic acid groups (broad SMARTS) is 1. The van der Waals surface area contributed by atoms with E-state index in [0.29, 0.717) is 24.1 Å². The molecule has 0 bridgehead atoms. The third kappa shape index (κ3) is 4.07. The van der Waals surface area contributed by atoms with Gasteiger partial charge in [-0.1, -0.05) is 31.4 Å². The van der Waals surface area contributed by atoms with Crippen LogP contribution in [0.2, 0.25) is 0 Å². The maximum absolute atomic E-state index is 13.7. The van der Waals surface area contributed by atoms with Gasteiger partial charge in [0, 0.05) is 18.3 Å². The molecule has 1 aromatic carbocycles. The minimum atomic E-state index is -4.70. The molecule has 0 saturated heterocycles. The summed E-state index contributed by atoms with van der Waals surface area (Å²) < 4.78 is 41.9. The van der Waals surface area contributed by atoms with Crippen molar-refractivity contribution in [1.82, 2.24) is 14.5 Å². The number of alkyl halides is 4. The molecular formula is C25H22ClF3N4O3. The summed E-state index contributed by atoms with van der Waals surface area (Å²) in [5.41, 5.74) is 0.633. The van der Waals surface area contributed by atoms with Gasteiger partial charge >= 0.3 is 12.1 Å². The number of benzene rings is 1. The molecule has 2 atom stereocenters. The lowest BCUT2D eigenvalue weighted by molar-refractivity contribution is -0.145. The summed E-state index contributed by atoms with van der Waals surface area (Å²) in [6.07, 6.45) is 0.699. The van der Waals surface area contributed by atoms with E-state index in [0.717, 1.165) is 23.8 Å². The van der Waals surface area contributed by atoms with Crippen LogP contribution < -0.4 is 0 Å². The van der Waals surface area contributed by atoms with E-state index in [9.17, 15) is 27.9 Å². The lowest BCUT2D eigenvalue weighted by Gasteiger charge is -2.47. The van der Waals surface area contributed by atoms with Crippen LogP contribution in [0.25, 0.3) is 16.9 Å². The van der Waals surface area contributed by atoms with Crippen LogP contribution in [0.4, 0.5) is 13.2 Å². The average Bonchev–Trinajstić information content (AvgIpc) is 3.27. The third-order valence-corrected chi connectivity index (χ3v) is 7.42. The molecule has 5 rings (SSSR count). The number of Topliss-reactive ketones (excluding diaryl/α,β-unsaturated/α-hetero) is 1. The number of hydrogen-bond acceptors (Lipinski definition) is 5. The standard InChI is InChI=1S/C25H22ClF3N4O3/c26-18-19(24(20(18)34)10-2-1-3-11-24)31-17(22(35)36)13-14-6-8-15(9-7-14)33-21-16(5-4-12-30-21)32-23(33)25(27,28)29/h4-9,12,17-18H,1-3,10-11,13H2,(H,35,36)/t17-,18?/m0/s1. The van der Waals surface area contributed by atoms with Gasteiger partial charge in [0.25, 0.3) is 0 Å². The lowest BCUT2D eigenvalue weighted by atomic mass is 9.58. The normalized spacial score (nSPS) is 21.6. The number of hydrogen-bond donors (Lipinski definition) is 1. The molecule has 2 aliphatic carbocycles. The van der Waals surface area contributed by atoms with E-state index in [4.69, 9.17) is 11.6 Å².